The van der Waals surface area contributed by atoms with Crippen molar-refractivity contribution < 1.29 is 76.2 Å². The Morgan fingerprint density at radius 1 is 0.902 bits per heavy atom. The third kappa shape index (κ3) is 11.5. The molecule has 2 amide bonds. The number of methoxy groups -OCH3 is 1. The minimum atomic E-state index is -2.14. The maximum Gasteiger partial charge on any atom is 0.351 e. The number of aromatic nitrogens is 2. The number of esters is 5. The van der Waals surface area contributed by atoms with E-state index >= 15 is 0 Å². The van der Waals surface area contributed by atoms with E-state index in [0.717, 1.165) is 53.5 Å². The van der Waals surface area contributed by atoms with Gasteiger partial charge in [0.2, 0.25) is 10.8 Å². The lowest BCUT2D eigenvalue weighted by atomic mass is 9.89. The van der Waals surface area contributed by atoms with Gasteiger partial charge in [0.05, 0.1) is 19.3 Å². The molecule has 3 fully saturated rings. The summed E-state index contributed by atoms with van der Waals surface area (Å²) < 4.78 is 53.7. The van der Waals surface area contributed by atoms with Crippen LogP contribution in [0.3, 0.4) is 0 Å². The zero-order chi connectivity index (χ0) is 44.8. The molecule has 332 valence electrons. The minimum Gasteiger partial charge on any atom is -0.466 e. The highest BCUT2D eigenvalue weighted by Crippen LogP contribution is 2.47. The molecule has 0 unspecified atom stereocenters. The molecular weight excluding hydrogens is 829 g/mol. The van der Waals surface area contributed by atoms with Gasteiger partial charge < -0.3 is 53.3 Å². The second-order valence-electron chi connectivity index (χ2n) is 14.7. The molecule has 0 bridgehead atoms. The van der Waals surface area contributed by atoms with Gasteiger partial charge in [-0.15, -0.1) is 11.8 Å². The smallest absolute Gasteiger partial charge is 0.351 e. The van der Waals surface area contributed by atoms with Crippen molar-refractivity contribution in [2.75, 3.05) is 24.8 Å². The summed E-state index contributed by atoms with van der Waals surface area (Å²) >= 11 is 0.823. The average Bonchev–Trinajstić information content (AvgIpc) is 3.67. The minimum absolute atomic E-state index is 0.0135. The van der Waals surface area contributed by atoms with Gasteiger partial charge in [-0.2, -0.15) is 4.98 Å². The third-order valence-electron chi connectivity index (χ3n) is 9.48. The van der Waals surface area contributed by atoms with E-state index in [1.807, 2.05) is 0 Å². The number of hydrogen-bond acceptors (Lipinski definition) is 19. The van der Waals surface area contributed by atoms with Crippen molar-refractivity contribution in [1.82, 2.24) is 14.9 Å². The van der Waals surface area contributed by atoms with Crippen molar-refractivity contribution >= 4 is 59.2 Å². The summed E-state index contributed by atoms with van der Waals surface area (Å²) in [5, 5.41) is 5.22. The summed E-state index contributed by atoms with van der Waals surface area (Å²) in [6, 6.07) is 8.39. The first kappa shape index (κ1) is 46.6. The molecule has 0 saturated carbocycles. The molecule has 3 saturated heterocycles. The van der Waals surface area contributed by atoms with Gasteiger partial charge in [-0.1, -0.05) is 18.2 Å². The van der Waals surface area contributed by atoms with Crippen molar-refractivity contribution in [3.8, 4) is 0 Å². The number of nitrogens with zero attached hydrogens (tertiary/aromatic N) is 2. The molecule has 0 radical (unpaired) electrons. The normalized spacial score (nSPS) is 27.3. The van der Waals surface area contributed by atoms with Crippen LogP contribution in [0.1, 0.15) is 71.5 Å². The van der Waals surface area contributed by atoms with E-state index < -0.39 is 126 Å². The van der Waals surface area contributed by atoms with E-state index in [4.69, 9.17) is 42.6 Å². The van der Waals surface area contributed by atoms with Crippen molar-refractivity contribution in [2.45, 2.75) is 121 Å². The molecule has 22 heteroatoms. The van der Waals surface area contributed by atoms with Gasteiger partial charge in [0.25, 0.3) is 5.91 Å². The number of ether oxygens (including phenoxy) is 9. The monoisotopic (exact) mass is 876 g/mol. The van der Waals surface area contributed by atoms with E-state index in [2.05, 4.69) is 15.6 Å². The van der Waals surface area contributed by atoms with Gasteiger partial charge >= 0.3 is 35.5 Å². The topological polar surface area (TPSA) is 262 Å². The highest BCUT2D eigenvalue weighted by Gasteiger charge is 2.61. The second-order valence-corrected chi connectivity index (χ2v) is 16.0. The van der Waals surface area contributed by atoms with Crippen molar-refractivity contribution in [3.63, 3.8) is 0 Å². The third-order valence-corrected chi connectivity index (χ3v) is 10.9. The number of rotatable bonds is 15. The van der Waals surface area contributed by atoms with Crippen LogP contribution in [0.25, 0.3) is 0 Å². The molecule has 61 heavy (non-hydrogen) atoms. The van der Waals surface area contributed by atoms with Crippen LogP contribution in [0.5, 0.6) is 0 Å². The maximum atomic E-state index is 14.0. The van der Waals surface area contributed by atoms with Gasteiger partial charge in [0, 0.05) is 58.6 Å². The first-order chi connectivity index (χ1) is 28.7. The lowest BCUT2D eigenvalue weighted by Crippen LogP contribution is -2.68. The summed E-state index contributed by atoms with van der Waals surface area (Å²) in [6.07, 6.45) is -9.20. The Kier molecular flexibility index (Phi) is 14.9. The van der Waals surface area contributed by atoms with E-state index in [1.54, 1.807) is 44.2 Å². The molecule has 10 atom stereocenters. The first-order valence-corrected chi connectivity index (χ1v) is 20.0. The fourth-order valence-corrected chi connectivity index (χ4v) is 8.60. The molecule has 2 aromatic rings. The van der Waals surface area contributed by atoms with E-state index in [0.29, 0.717) is 5.56 Å². The Hall–Kier alpha value is -5.42. The zero-order valence-corrected chi connectivity index (χ0v) is 35.4. The van der Waals surface area contributed by atoms with Crippen molar-refractivity contribution in [2.24, 2.45) is 0 Å². The number of amides is 2. The predicted molar refractivity (Wildman–Crippen MR) is 208 cm³/mol. The van der Waals surface area contributed by atoms with Gasteiger partial charge in [0.1, 0.15) is 36.8 Å². The molecule has 2 N–H and O–H groups in total. The standard InChI is InChI=1S/C39H48N4O17S/c1-19(44)40-29-25(54-21(3)46)16-39(36(50)52-8,60-32(29)30(56-23(5)48)26(55-22(4)47)17-53-20(2)45)61-18-27-31-33(59-38(6,7)58-31)35(57-27)43-15-14-28(42-37(43)51)41-34(49)24-12-10-9-11-13-24/h9-15,25-27,29-33,35H,16-18H2,1-8H3,(H,40,44)(H,41,42,49,51)/t25-,26+,27+,29+,30+,31+,32+,33+,35+,39-/m0/s1. The number of anilines is 1. The number of thioether (sulfide) groups is 1. The number of benzene rings is 1. The quantitative estimate of drug-likeness (QED) is 0.188. The first-order valence-electron chi connectivity index (χ1n) is 19.0. The number of carbonyl (C=O) groups excluding carboxylic acids is 7. The fraction of sp³-hybridized carbons (Fsp3) is 0.564. The molecule has 1 aromatic heterocycles. The molecule has 5 rings (SSSR count). The molecule has 1 aromatic carbocycles. The van der Waals surface area contributed by atoms with Crippen LogP contribution in [0.4, 0.5) is 5.82 Å². The Morgan fingerprint density at radius 2 is 1.57 bits per heavy atom. The van der Waals surface area contributed by atoms with E-state index in [1.165, 1.54) is 16.8 Å². The number of fused-ring (bicyclic) bond motifs is 1. The Labute approximate surface area is 353 Å². The Morgan fingerprint density at radius 3 is 2.16 bits per heavy atom. The lowest BCUT2D eigenvalue weighted by molar-refractivity contribution is -0.224. The van der Waals surface area contributed by atoms with Crippen molar-refractivity contribution in [1.29, 1.82) is 0 Å². The summed E-state index contributed by atoms with van der Waals surface area (Å²) in [6.45, 7) is 8.11. The summed E-state index contributed by atoms with van der Waals surface area (Å²) in [5.74, 6) is -6.86. The average molecular weight is 877 g/mol. The summed E-state index contributed by atoms with van der Waals surface area (Å²) in [4.78, 5) is 104. The molecule has 0 aliphatic carbocycles. The Balaban J connectivity index is 1.50. The molecular formula is C39H48N4O17S. The van der Waals surface area contributed by atoms with Gasteiger partial charge in [-0.3, -0.25) is 33.3 Å². The van der Waals surface area contributed by atoms with E-state index in [-0.39, 0.29) is 11.6 Å². The fourth-order valence-electron chi connectivity index (χ4n) is 7.24. The van der Waals surface area contributed by atoms with Crippen molar-refractivity contribution in [3.05, 3.63) is 58.6 Å². The summed E-state index contributed by atoms with van der Waals surface area (Å²) in [5.41, 5.74) is -0.438. The molecule has 3 aliphatic rings. The molecule has 21 nitrogen and oxygen atoms in total. The van der Waals surface area contributed by atoms with Crippen LogP contribution >= 0.6 is 11.8 Å². The summed E-state index contributed by atoms with van der Waals surface area (Å²) in [7, 11) is 1.08. The van der Waals surface area contributed by atoms with Crippen LogP contribution in [-0.4, -0.2) is 130 Å². The number of nitrogens with one attached hydrogen (secondary N) is 2. The largest absolute Gasteiger partial charge is 0.466 e. The zero-order valence-electron chi connectivity index (χ0n) is 34.6. The number of carbonyl (C=O) groups is 7. The van der Waals surface area contributed by atoms with Crippen LogP contribution in [0, 0.1) is 0 Å². The second kappa shape index (κ2) is 19.5. The molecule has 0 spiro atoms. The predicted octanol–water partition coefficient (Wildman–Crippen LogP) is 1.17. The molecule has 4 heterocycles. The number of hydrogen-bond donors (Lipinski definition) is 2. The van der Waals surface area contributed by atoms with Crippen LogP contribution < -0.4 is 16.3 Å². The SMILES string of the molecule is COC(=O)[C@@]1(SC[C@H]2O[C@@H](n3ccc(NC(=O)c4ccccc4)nc3=O)[C@@H]3OC(C)(C)O[C@@H]32)C[C@H](OC(C)=O)[C@@H](NC(C)=O)[C@H]([C@H](OC(C)=O)[C@@H](COC(C)=O)OC(C)=O)O1. The van der Waals surface area contributed by atoms with Crippen LogP contribution in [0.2, 0.25) is 0 Å². The lowest BCUT2D eigenvalue weighted by Gasteiger charge is -2.48. The van der Waals surface area contributed by atoms with Gasteiger partial charge in [-0.05, 0) is 32.0 Å². The van der Waals surface area contributed by atoms with Crippen LogP contribution in [0.15, 0.2) is 47.4 Å². The van der Waals surface area contributed by atoms with Gasteiger partial charge in [-0.25, -0.2) is 9.59 Å². The maximum absolute atomic E-state index is 14.0. The highest BCUT2D eigenvalue weighted by atomic mass is 32.2. The van der Waals surface area contributed by atoms with Crippen LogP contribution in [-0.2, 0) is 71.4 Å². The van der Waals surface area contributed by atoms with Gasteiger partial charge in [0.15, 0.2) is 24.2 Å². The highest BCUT2D eigenvalue weighted by molar-refractivity contribution is 8.01. The Bertz CT molecular complexity index is 2050. The molecule has 3 aliphatic heterocycles. The van der Waals surface area contributed by atoms with E-state index in [9.17, 15) is 38.4 Å².